The van der Waals surface area contributed by atoms with Gasteiger partial charge in [0, 0.05) is 22.7 Å². The molecule has 0 saturated carbocycles. The molecule has 0 amide bonds. The molecule has 35 heavy (non-hydrogen) atoms. The number of hydrogen-bond acceptors (Lipinski definition) is 5. The fraction of sp³-hybridized carbons (Fsp3) is 0.214. The van der Waals surface area contributed by atoms with E-state index in [4.69, 9.17) is 21.3 Å². The van der Waals surface area contributed by atoms with E-state index in [1.807, 2.05) is 67.6 Å². The van der Waals surface area contributed by atoms with Gasteiger partial charge in [-0.05, 0) is 66.8 Å². The number of ketones is 1. The predicted octanol–water partition coefficient (Wildman–Crippen LogP) is 6.21. The zero-order valence-electron chi connectivity index (χ0n) is 19.2. The molecule has 2 heterocycles. The maximum atomic E-state index is 13.8. The van der Waals surface area contributed by atoms with Crippen LogP contribution >= 0.6 is 11.6 Å². The first-order valence-electron chi connectivity index (χ1n) is 11.7. The summed E-state index contributed by atoms with van der Waals surface area (Å²) in [6.45, 7) is 2.30. The standard InChI is InChI=1S/C28H24ClN3O3/c1-2-35-25-15-17(9-12-23(25)33)27-26-21(31-28-30-20-5-3-4-6-22(20)32(27)28)13-18(14-24(26)34)16-7-10-19(29)11-8-16/h3-12,15,18,27,33H,2,13-14H2,1H3,(H,30,31). The average Bonchev–Trinajstić information content (AvgIpc) is 3.23. The molecule has 2 atom stereocenters. The number of fused-ring (bicyclic) bond motifs is 3. The molecule has 0 spiro atoms. The van der Waals surface area contributed by atoms with Crippen LogP contribution in [0.1, 0.15) is 42.9 Å². The molecule has 2 N–H and O–H groups in total. The van der Waals surface area contributed by atoms with Crippen LogP contribution in [0.5, 0.6) is 11.5 Å². The summed E-state index contributed by atoms with van der Waals surface area (Å²) in [4.78, 5) is 18.6. The zero-order chi connectivity index (χ0) is 24.1. The quantitative estimate of drug-likeness (QED) is 0.359. The van der Waals surface area contributed by atoms with Crippen molar-refractivity contribution in [3.8, 4) is 11.5 Å². The Kier molecular flexibility index (Phi) is 5.26. The molecule has 2 aliphatic rings. The number of imidazole rings is 1. The number of carbonyl (C=O) groups is 1. The lowest BCUT2D eigenvalue weighted by Crippen LogP contribution is -2.33. The Bertz CT molecular complexity index is 1490. The number of para-hydroxylation sites is 2. The van der Waals surface area contributed by atoms with Crippen LogP contribution < -0.4 is 10.1 Å². The summed E-state index contributed by atoms with van der Waals surface area (Å²) >= 11 is 6.09. The largest absolute Gasteiger partial charge is 0.504 e. The number of benzene rings is 3. The van der Waals surface area contributed by atoms with Crippen LogP contribution in [0.2, 0.25) is 5.02 Å². The number of phenolic OH excluding ortho intramolecular Hbond substituents is 1. The van der Waals surface area contributed by atoms with Crippen molar-refractivity contribution in [1.29, 1.82) is 0 Å². The van der Waals surface area contributed by atoms with Crippen LogP contribution in [0.15, 0.2) is 78.0 Å². The number of anilines is 1. The Balaban J connectivity index is 1.52. The molecule has 7 heteroatoms. The third-order valence-electron chi connectivity index (χ3n) is 6.84. The number of aromatic nitrogens is 2. The van der Waals surface area contributed by atoms with Crippen molar-refractivity contribution in [2.45, 2.75) is 31.7 Å². The van der Waals surface area contributed by atoms with Gasteiger partial charge in [0.1, 0.15) is 0 Å². The van der Waals surface area contributed by atoms with Gasteiger partial charge in [0.15, 0.2) is 17.3 Å². The van der Waals surface area contributed by atoms with E-state index in [0.717, 1.165) is 33.4 Å². The minimum Gasteiger partial charge on any atom is -0.504 e. The van der Waals surface area contributed by atoms with E-state index in [9.17, 15) is 9.90 Å². The third kappa shape index (κ3) is 3.65. The summed E-state index contributed by atoms with van der Waals surface area (Å²) < 4.78 is 7.75. The Hall–Kier alpha value is -3.77. The first-order valence-corrected chi connectivity index (χ1v) is 12.1. The first kappa shape index (κ1) is 21.7. The number of phenols is 1. The van der Waals surface area contributed by atoms with Gasteiger partial charge in [-0.3, -0.25) is 9.36 Å². The average molecular weight is 486 g/mol. The molecule has 0 fully saturated rings. The van der Waals surface area contributed by atoms with E-state index in [0.29, 0.717) is 36.2 Å². The van der Waals surface area contributed by atoms with Gasteiger partial charge in [-0.15, -0.1) is 0 Å². The SMILES string of the molecule is CCOc1cc(C2C3=C(CC(c4ccc(Cl)cc4)CC3=O)Nc3nc4ccccc4n32)ccc1O. The molecule has 1 aromatic heterocycles. The first-order chi connectivity index (χ1) is 17.0. The summed E-state index contributed by atoms with van der Waals surface area (Å²) in [6.07, 6.45) is 1.11. The van der Waals surface area contributed by atoms with E-state index in [-0.39, 0.29) is 23.5 Å². The lowest BCUT2D eigenvalue weighted by atomic mass is 9.77. The van der Waals surface area contributed by atoms with Gasteiger partial charge in [-0.25, -0.2) is 4.98 Å². The van der Waals surface area contributed by atoms with Crippen LogP contribution in [0.4, 0.5) is 5.95 Å². The number of hydrogen-bond donors (Lipinski definition) is 2. The number of carbonyl (C=O) groups excluding carboxylic acids is 1. The molecule has 0 saturated heterocycles. The number of nitrogens with one attached hydrogen (secondary N) is 1. The fourth-order valence-electron chi connectivity index (χ4n) is 5.28. The summed E-state index contributed by atoms with van der Waals surface area (Å²) in [5, 5.41) is 14.5. The van der Waals surface area contributed by atoms with Gasteiger partial charge in [-0.2, -0.15) is 0 Å². The van der Waals surface area contributed by atoms with E-state index in [2.05, 4.69) is 9.88 Å². The summed E-state index contributed by atoms with van der Waals surface area (Å²) in [6, 6.07) is 20.6. The molecule has 4 aromatic rings. The van der Waals surface area contributed by atoms with Gasteiger partial charge in [0.2, 0.25) is 5.95 Å². The highest BCUT2D eigenvalue weighted by Crippen LogP contribution is 2.47. The van der Waals surface area contributed by atoms with E-state index >= 15 is 0 Å². The highest BCUT2D eigenvalue weighted by molar-refractivity contribution is 6.30. The fourth-order valence-corrected chi connectivity index (χ4v) is 5.41. The van der Waals surface area contributed by atoms with Gasteiger partial charge in [0.25, 0.3) is 0 Å². The number of allylic oxidation sites excluding steroid dienone is 2. The molecule has 176 valence electrons. The maximum Gasteiger partial charge on any atom is 0.209 e. The molecule has 1 aliphatic heterocycles. The minimum absolute atomic E-state index is 0.0569. The second kappa shape index (κ2) is 8.47. The maximum absolute atomic E-state index is 13.8. The normalized spacial score (nSPS) is 19.3. The number of nitrogens with zero attached hydrogens (tertiary/aromatic N) is 2. The second-order valence-electron chi connectivity index (χ2n) is 8.95. The third-order valence-corrected chi connectivity index (χ3v) is 7.09. The van der Waals surface area contributed by atoms with Crippen LogP contribution in [0.25, 0.3) is 11.0 Å². The van der Waals surface area contributed by atoms with Gasteiger partial charge in [0.05, 0.1) is 23.7 Å². The van der Waals surface area contributed by atoms with Crippen LogP contribution in [-0.4, -0.2) is 27.0 Å². The molecular weight excluding hydrogens is 462 g/mol. The minimum atomic E-state index is -0.382. The Morgan fingerprint density at radius 3 is 2.66 bits per heavy atom. The van der Waals surface area contributed by atoms with Crippen molar-refractivity contribution >= 4 is 34.4 Å². The topological polar surface area (TPSA) is 76.4 Å². The molecule has 6 rings (SSSR count). The van der Waals surface area contributed by atoms with E-state index < -0.39 is 0 Å². The molecule has 3 aromatic carbocycles. The van der Waals surface area contributed by atoms with Gasteiger partial charge in [-0.1, -0.05) is 41.9 Å². The highest BCUT2D eigenvalue weighted by atomic mass is 35.5. The Morgan fingerprint density at radius 2 is 1.86 bits per heavy atom. The van der Waals surface area contributed by atoms with E-state index in [1.165, 1.54) is 0 Å². The highest BCUT2D eigenvalue weighted by Gasteiger charge is 2.39. The monoisotopic (exact) mass is 485 g/mol. The van der Waals surface area contributed by atoms with E-state index in [1.54, 1.807) is 6.07 Å². The molecule has 2 unspecified atom stereocenters. The second-order valence-corrected chi connectivity index (χ2v) is 9.39. The van der Waals surface area contributed by atoms with Crippen molar-refractivity contribution in [1.82, 2.24) is 9.55 Å². The number of halogens is 1. The van der Waals surface area contributed by atoms with Crippen LogP contribution in [-0.2, 0) is 4.79 Å². The van der Waals surface area contributed by atoms with Gasteiger partial charge >= 0.3 is 0 Å². The van der Waals surface area contributed by atoms with Gasteiger partial charge < -0.3 is 15.2 Å². The molecule has 6 nitrogen and oxygen atoms in total. The number of rotatable bonds is 4. The molecule has 0 bridgehead atoms. The molecule has 0 radical (unpaired) electrons. The van der Waals surface area contributed by atoms with Crippen molar-refractivity contribution in [2.24, 2.45) is 0 Å². The summed E-state index contributed by atoms with van der Waals surface area (Å²) in [5.74, 6) is 1.33. The Labute approximate surface area is 207 Å². The number of aromatic hydroxyl groups is 1. The number of ether oxygens (including phenoxy) is 1. The lowest BCUT2D eigenvalue weighted by Gasteiger charge is -2.36. The van der Waals surface area contributed by atoms with Crippen molar-refractivity contribution in [3.05, 3.63) is 94.1 Å². The lowest BCUT2D eigenvalue weighted by molar-refractivity contribution is -0.116. The zero-order valence-corrected chi connectivity index (χ0v) is 19.9. The molecular formula is C28H24ClN3O3. The van der Waals surface area contributed by atoms with Crippen LogP contribution in [0, 0.1) is 0 Å². The smallest absolute Gasteiger partial charge is 0.209 e. The molecule has 1 aliphatic carbocycles. The van der Waals surface area contributed by atoms with Crippen molar-refractivity contribution in [3.63, 3.8) is 0 Å². The summed E-state index contributed by atoms with van der Waals surface area (Å²) in [5.41, 5.74) is 5.37. The predicted molar refractivity (Wildman–Crippen MR) is 136 cm³/mol. The Morgan fingerprint density at radius 1 is 1.09 bits per heavy atom. The van der Waals surface area contributed by atoms with Crippen LogP contribution in [0.3, 0.4) is 0 Å². The summed E-state index contributed by atoms with van der Waals surface area (Å²) in [7, 11) is 0. The van der Waals surface area contributed by atoms with Crippen molar-refractivity contribution < 1.29 is 14.6 Å². The number of Topliss-reactive ketones (excluding diaryl/α,β-unsaturated/α-hetero) is 1. The van der Waals surface area contributed by atoms with Crippen molar-refractivity contribution in [2.75, 3.05) is 11.9 Å².